The second kappa shape index (κ2) is 8.06. The summed E-state index contributed by atoms with van der Waals surface area (Å²) in [7, 11) is 0. The Labute approximate surface area is 157 Å². The number of pyridine rings is 1. The molecule has 2 aromatic rings. The summed E-state index contributed by atoms with van der Waals surface area (Å²) in [6.45, 7) is 11.3. The minimum absolute atomic E-state index is 0.266. The third-order valence-electron chi connectivity index (χ3n) is 4.24. The maximum absolute atomic E-state index is 12.5. The third-order valence-corrected chi connectivity index (χ3v) is 4.24. The van der Waals surface area contributed by atoms with E-state index in [0.717, 1.165) is 23.4 Å². The molecule has 0 amide bonds. The maximum Gasteiger partial charge on any atom is 0.573 e. The van der Waals surface area contributed by atoms with Gasteiger partial charge >= 0.3 is 6.36 Å². The largest absolute Gasteiger partial charge is 0.573 e. The summed E-state index contributed by atoms with van der Waals surface area (Å²) in [6, 6.07) is 4.85. The van der Waals surface area contributed by atoms with Crippen molar-refractivity contribution in [1.82, 2.24) is 4.98 Å². The molecule has 0 aliphatic carbocycles. The molecular formula is C20H25F3N2O2. The predicted molar refractivity (Wildman–Crippen MR) is 99.8 cm³/mol. The molecule has 148 valence electrons. The van der Waals surface area contributed by atoms with Crippen molar-refractivity contribution >= 4 is 5.69 Å². The first-order valence-corrected chi connectivity index (χ1v) is 8.79. The van der Waals surface area contributed by atoms with Crippen molar-refractivity contribution in [2.45, 2.75) is 60.4 Å². The molecule has 4 nitrogen and oxygen atoms in total. The zero-order chi connectivity index (χ0) is 20.4. The number of halogens is 3. The first-order chi connectivity index (χ1) is 12.5. The molecule has 2 rings (SSSR count). The summed E-state index contributed by atoms with van der Waals surface area (Å²) in [4.78, 5) is 4.45. The number of ether oxygens (including phenoxy) is 2. The molecule has 0 saturated heterocycles. The second-order valence-corrected chi connectivity index (χ2v) is 6.73. The number of benzene rings is 1. The van der Waals surface area contributed by atoms with Crippen molar-refractivity contribution in [2.75, 3.05) is 5.32 Å². The minimum Gasteiger partial charge on any atom is -0.438 e. The highest BCUT2D eigenvalue weighted by Gasteiger charge is 2.31. The molecule has 0 aliphatic heterocycles. The number of rotatable bonds is 6. The number of hydrogen-bond donors (Lipinski definition) is 1. The van der Waals surface area contributed by atoms with E-state index in [-0.39, 0.29) is 5.75 Å². The number of nitrogens with one attached hydrogen (secondary N) is 1. The summed E-state index contributed by atoms with van der Waals surface area (Å²) < 4.78 is 47.4. The van der Waals surface area contributed by atoms with Gasteiger partial charge < -0.3 is 14.8 Å². The van der Waals surface area contributed by atoms with E-state index in [2.05, 4.69) is 28.9 Å². The van der Waals surface area contributed by atoms with Crippen molar-refractivity contribution < 1.29 is 22.6 Å². The number of aryl methyl sites for hydroxylation is 3. The molecule has 0 radical (unpaired) electrons. The molecule has 1 aromatic heterocycles. The van der Waals surface area contributed by atoms with Crippen LogP contribution in [0.25, 0.3) is 0 Å². The van der Waals surface area contributed by atoms with Gasteiger partial charge in [0.25, 0.3) is 0 Å². The van der Waals surface area contributed by atoms with Crippen LogP contribution in [-0.4, -0.2) is 17.4 Å². The highest BCUT2D eigenvalue weighted by molar-refractivity contribution is 5.57. The van der Waals surface area contributed by atoms with Gasteiger partial charge in [0.1, 0.15) is 11.5 Å². The first-order valence-electron chi connectivity index (χ1n) is 8.79. The lowest BCUT2D eigenvalue weighted by Crippen LogP contribution is -2.17. The fraction of sp³-hybridized carbons (Fsp3) is 0.450. The fourth-order valence-corrected chi connectivity index (χ4v) is 2.69. The summed E-state index contributed by atoms with van der Waals surface area (Å²) >= 11 is 0. The van der Waals surface area contributed by atoms with Gasteiger partial charge in [-0.3, -0.25) is 0 Å². The number of anilines is 1. The smallest absolute Gasteiger partial charge is 0.438 e. The van der Waals surface area contributed by atoms with Gasteiger partial charge in [-0.2, -0.15) is 0 Å². The van der Waals surface area contributed by atoms with Crippen molar-refractivity contribution in [1.29, 1.82) is 0 Å². The molecule has 1 heterocycles. The summed E-state index contributed by atoms with van der Waals surface area (Å²) in [5.74, 6) is 0.634. The predicted octanol–water partition coefficient (Wildman–Crippen LogP) is 6.22. The van der Waals surface area contributed by atoms with Crippen LogP contribution in [0.4, 0.5) is 18.9 Å². The normalized spacial score (nSPS) is 12.6. The van der Waals surface area contributed by atoms with Crippen LogP contribution in [0.5, 0.6) is 17.4 Å². The zero-order valence-electron chi connectivity index (χ0n) is 16.4. The molecule has 1 aromatic carbocycles. The van der Waals surface area contributed by atoms with Crippen LogP contribution in [0.15, 0.2) is 18.2 Å². The van der Waals surface area contributed by atoms with Crippen LogP contribution in [0, 0.1) is 27.7 Å². The van der Waals surface area contributed by atoms with Crippen molar-refractivity contribution in [2.24, 2.45) is 0 Å². The van der Waals surface area contributed by atoms with E-state index in [0.29, 0.717) is 28.8 Å². The van der Waals surface area contributed by atoms with Gasteiger partial charge in [-0.05, 0) is 70.4 Å². The Bertz CT molecular complexity index is 797. The summed E-state index contributed by atoms with van der Waals surface area (Å²) in [5.41, 5.74) is 3.63. The highest BCUT2D eigenvalue weighted by Crippen LogP contribution is 2.36. The maximum atomic E-state index is 12.5. The average Bonchev–Trinajstić information content (AvgIpc) is 2.53. The Kier molecular flexibility index (Phi) is 6.23. The molecule has 7 heteroatoms. The lowest BCUT2D eigenvalue weighted by Gasteiger charge is -2.19. The molecule has 0 spiro atoms. The van der Waals surface area contributed by atoms with Crippen LogP contribution in [0.3, 0.4) is 0 Å². The standard InChI is InChI=1S/C20H25F3N2O2/c1-7-13(4)24-17-10-14(5)25-19(15(17)6)26-18-11(2)8-16(9-12(18)3)27-20(21,22)23/h8-10,13H,7H2,1-6H3,(H,24,25). The number of aromatic nitrogens is 1. The van der Waals surface area contributed by atoms with Gasteiger partial charge in [0, 0.05) is 23.0 Å². The van der Waals surface area contributed by atoms with Crippen LogP contribution in [-0.2, 0) is 0 Å². The monoisotopic (exact) mass is 382 g/mol. The van der Waals surface area contributed by atoms with E-state index >= 15 is 0 Å². The zero-order valence-corrected chi connectivity index (χ0v) is 16.4. The van der Waals surface area contributed by atoms with E-state index in [4.69, 9.17) is 4.74 Å². The number of alkyl halides is 3. The van der Waals surface area contributed by atoms with Gasteiger partial charge in [0.15, 0.2) is 0 Å². The fourth-order valence-electron chi connectivity index (χ4n) is 2.69. The van der Waals surface area contributed by atoms with Crippen LogP contribution in [0.1, 0.15) is 42.7 Å². The number of hydrogen-bond acceptors (Lipinski definition) is 4. The van der Waals surface area contributed by atoms with Crippen LogP contribution < -0.4 is 14.8 Å². The minimum atomic E-state index is -4.73. The SMILES string of the molecule is CCC(C)Nc1cc(C)nc(Oc2c(C)cc(OC(F)(F)F)cc2C)c1C. The average molecular weight is 382 g/mol. The molecule has 0 fully saturated rings. The van der Waals surface area contributed by atoms with Gasteiger partial charge in [0.05, 0.1) is 0 Å². The molecule has 0 saturated carbocycles. The van der Waals surface area contributed by atoms with E-state index in [1.165, 1.54) is 12.1 Å². The molecule has 1 N–H and O–H groups in total. The van der Waals surface area contributed by atoms with Crippen LogP contribution in [0.2, 0.25) is 0 Å². The van der Waals surface area contributed by atoms with Gasteiger partial charge in [-0.25, -0.2) is 4.98 Å². The van der Waals surface area contributed by atoms with Crippen molar-refractivity contribution in [3.63, 3.8) is 0 Å². The Morgan fingerprint density at radius 3 is 2.19 bits per heavy atom. The Morgan fingerprint density at radius 2 is 1.67 bits per heavy atom. The number of nitrogens with zero attached hydrogens (tertiary/aromatic N) is 1. The Hall–Kier alpha value is -2.44. The lowest BCUT2D eigenvalue weighted by atomic mass is 10.1. The molecule has 27 heavy (non-hydrogen) atoms. The molecule has 1 atom stereocenters. The van der Waals surface area contributed by atoms with E-state index in [1.54, 1.807) is 13.8 Å². The Balaban J connectivity index is 2.37. The van der Waals surface area contributed by atoms with E-state index in [9.17, 15) is 13.2 Å². The van der Waals surface area contributed by atoms with Gasteiger partial charge in [-0.1, -0.05) is 6.92 Å². The molecular weight excluding hydrogens is 357 g/mol. The lowest BCUT2D eigenvalue weighted by molar-refractivity contribution is -0.274. The Morgan fingerprint density at radius 1 is 1.07 bits per heavy atom. The van der Waals surface area contributed by atoms with Crippen molar-refractivity contribution in [3.8, 4) is 17.4 Å². The summed E-state index contributed by atoms with van der Waals surface area (Å²) in [6.07, 6.45) is -3.76. The third kappa shape index (κ3) is 5.52. The topological polar surface area (TPSA) is 43.4 Å². The van der Waals surface area contributed by atoms with E-state index in [1.807, 2.05) is 19.9 Å². The molecule has 0 bridgehead atoms. The summed E-state index contributed by atoms with van der Waals surface area (Å²) in [5, 5.41) is 3.43. The molecule has 1 unspecified atom stereocenters. The van der Waals surface area contributed by atoms with Gasteiger partial charge in [-0.15, -0.1) is 13.2 Å². The van der Waals surface area contributed by atoms with E-state index < -0.39 is 6.36 Å². The molecule has 0 aliphatic rings. The second-order valence-electron chi connectivity index (χ2n) is 6.73. The van der Waals surface area contributed by atoms with Gasteiger partial charge in [0.2, 0.25) is 5.88 Å². The first kappa shape index (κ1) is 20.9. The highest BCUT2D eigenvalue weighted by atomic mass is 19.4. The van der Waals surface area contributed by atoms with Crippen molar-refractivity contribution in [3.05, 3.63) is 40.6 Å². The van der Waals surface area contributed by atoms with Crippen LogP contribution >= 0.6 is 0 Å². The quantitative estimate of drug-likeness (QED) is 0.644.